The summed E-state index contributed by atoms with van der Waals surface area (Å²) < 4.78 is 30.6. The van der Waals surface area contributed by atoms with Gasteiger partial charge in [0.25, 0.3) is 0 Å². The molecule has 1 amide bonds. The Morgan fingerprint density at radius 2 is 1.88 bits per heavy atom. The molecule has 0 radical (unpaired) electrons. The molecule has 0 unspecified atom stereocenters. The van der Waals surface area contributed by atoms with E-state index in [1.165, 1.54) is 0 Å². The maximum Gasteiger partial charge on any atom is 0.410 e. The number of halogens is 2. The summed E-state index contributed by atoms with van der Waals surface area (Å²) in [4.78, 5) is 22.6. The summed E-state index contributed by atoms with van der Waals surface area (Å²) in [5.74, 6) is -4.43. The van der Waals surface area contributed by atoms with Crippen LogP contribution in [0.1, 0.15) is 20.8 Å². The van der Waals surface area contributed by atoms with Gasteiger partial charge in [-0.3, -0.25) is 4.79 Å². The van der Waals surface area contributed by atoms with E-state index in [1.807, 2.05) is 0 Å². The summed E-state index contributed by atoms with van der Waals surface area (Å²) in [5.41, 5.74) is -0.644. The maximum absolute atomic E-state index is 12.8. The van der Waals surface area contributed by atoms with Crippen LogP contribution in [0.2, 0.25) is 0 Å². The summed E-state index contributed by atoms with van der Waals surface area (Å²) >= 11 is 0. The molecule has 16 heavy (non-hydrogen) atoms. The lowest BCUT2D eigenvalue weighted by Gasteiger charge is -2.41. The number of alkyl halides is 2. The number of likely N-dealkylation sites (tertiary alicyclic amines) is 1. The van der Waals surface area contributed by atoms with E-state index in [0.717, 1.165) is 4.90 Å². The van der Waals surface area contributed by atoms with Crippen LogP contribution in [-0.2, 0) is 9.53 Å². The lowest BCUT2D eigenvalue weighted by molar-refractivity contribution is -0.148. The van der Waals surface area contributed by atoms with Crippen LogP contribution in [0.25, 0.3) is 0 Å². The maximum atomic E-state index is 12.8. The van der Waals surface area contributed by atoms with Crippen molar-refractivity contribution in [2.24, 2.45) is 5.92 Å². The van der Waals surface area contributed by atoms with Crippen LogP contribution in [0.4, 0.5) is 13.6 Å². The van der Waals surface area contributed by atoms with Gasteiger partial charge in [0, 0.05) is 13.1 Å². The van der Waals surface area contributed by atoms with Crippen molar-refractivity contribution in [2.45, 2.75) is 32.3 Å². The van der Waals surface area contributed by atoms with Crippen LogP contribution in [-0.4, -0.2) is 41.9 Å². The van der Waals surface area contributed by atoms with Gasteiger partial charge < -0.3 is 9.64 Å². The second-order valence-corrected chi connectivity index (χ2v) is 4.87. The van der Waals surface area contributed by atoms with E-state index in [1.54, 1.807) is 20.8 Å². The number of amides is 1. The van der Waals surface area contributed by atoms with Gasteiger partial charge >= 0.3 is 12.0 Å². The zero-order valence-corrected chi connectivity index (χ0v) is 9.50. The summed E-state index contributed by atoms with van der Waals surface area (Å²) in [6, 6.07) is 0. The van der Waals surface area contributed by atoms with Gasteiger partial charge in [0.15, 0.2) is 6.29 Å². The molecular weight excluding hydrogens is 220 g/mol. The average Bonchev–Trinajstić information content (AvgIpc) is 1.96. The van der Waals surface area contributed by atoms with E-state index < -0.39 is 23.5 Å². The smallest absolute Gasteiger partial charge is 0.410 e. The highest BCUT2D eigenvalue weighted by Gasteiger charge is 2.48. The fourth-order valence-electron chi connectivity index (χ4n) is 1.29. The molecule has 0 spiro atoms. The quantitative estimate of drug-likeness (QED) is 0.684. The Kier molecular flexibility index (Phi) is 3.21. The number of rotatable bonds is 2. The van der Waals surface area contributed by atoms with Gasteiger partial charge in [-0.1, -0.05) is 0 Å². The molecule has 1 heterocycles. The average molecular weight is 235 g/mol. The Morgan fingerprint density at radius 1 is 1.38 bits per heavy atom. The van der Waals surface area contributed by atoms with Crippen molar-refractivity contribution in [1.82, 2.24) is 4.90 Å². The molecule has 92 valence electrons. The summed E-state index contributed by atoms with van der Waals surface area (Å²) in [5, 5.41) is 0. The van der Waals surface area contributed by atoms with Crippen LogP contribution in [0, 0.1) is 5.92 Å². The van der Waals surface area contributed by atoms with Gasteiger partial charge in [-0.2, -0.15) is 8.78 Å². The highest BCUT2D eigenvalue weighted by atomic mass is 19.3. The molecule has 6 heteroatoms. The lowest BCUT2D eigenvalue weighted by Crippen LogP contribution is -2.58. The SMILES string of the molecule is CC(C)(C)OC(=O)N1CC(C(F)(F)C=O)C1. The van der Waals surface area contributed by atoms with Crippen molar-refractivity contribution in [3.63, 3.8) is 0 Å². The third kappa shape index (κ3) is 2.90. The first-order valence-corrected chi connectivity index (χ1v) is 4.98. The molecule has 0 aliphatic carbocycles. The summed E-state index contributed by atoms with van der Waals surface area (Å²) in [6.07, 6.45) is -0.991. The molecule has 0 aromatic carbocycles. The second kappa shape index (κ2) is 3.99. The third-order valence-corrected chi connectivity index (χ3v) is 2.23. The molecule has 0 saturated carbocycles. The summed E-state index contributed by atoms with van der Waals surface area (Å²) in [6.45, 7) is 4.81. The van der Waals surface area contributed by atoms with Gasteiger partial charge in [0.05, 0.1) is 5.92 Å². The van der Waals surface area contributed by atoms with Gasteiger partial charge in [0.1, 0.15) is 5.60 Å². The lowest BCUT2D eigenvalue weighted by atomic mass is 9.94. The van der Waals surface area contributed by atoms with E-state index in [0.29, 0.717) is 0 Å². The minimum Gasteiger partial charge on any atom is -0.444 e. The van der Waals surface area contributed by atoms with E-state index in [9.17, 15) is 18.4 Å². The minimum absolute atomic E-state index is 0.138. The number of hydrogen-bond acceptors (Lipinski definition) is 3. The predicted molar refractivity (Wildman–Crippen MR) is 52.3 cm³/mol. The Bertz CT molecular complexity index is 293. The number of carbonyl (C=O) groups excluding carboxylic acids is 2. The molecule has 1 fully saturated rings. The van der Waals surface area contributed by atoms with Crippen LogP contribution in [0.15, 0.2) is 0 Å². The normalized spacial score (nSPS) is 17.9. The Balaban J connectivity index is 2.42. The Labute approximate surface area is 92.5 Å². The number of carbonyl (C=O) groups is 2. The van der Waals surface area contributed by atoms with Gasteiger partial charge in [-0.25, -0.2) is 4.79 Å². The highest BCUT2D eigenvalue weighted by molar-refractivity contribution is 5.70. The largest absolute Gasteiger partial charge is 0.444 e. The molecule has 0 aromatic heterocycles. The number of nitrogens with zero attached hydrogens (tertiary/aromatic N) is 1. The van der Waals surface area contributed by atoms with Crippen molar-refractivity contribution >= 4 is 12.4 Å². The number of hydrogen-bond donors (Lipinski definition) is 0. The van der Waals surface area contributed by atoms with Gasteiger partial charge in [-0.15, -0.1) is 0 Å². The Hall–Kier alpha value is -1.20. The molecule has 0 N–H and O–H groups in total. The first kappa shape index (κ1) is 12.9. The molecule has 0 aromatic rings. The molecule has 4 nitrogen and oxygen atoms in total. The monoisotopic (exact) mass is 235 g/mol. The highest BCUT2D eigenvalue weighted by Crippen LogP contribution is 2.31. The molecule has 1 aliphatic rings. The van der Waals surface area contributed by atoms with E-state index in [-0.39, 0.29) is 19.4 Å². The zero-order chi connectivity index (χ0) is 12.6. The molecule has 1 rings (SSSR count). The first-order chi connectivity index (χ1) is 7.15. The second-order valence-electron chi connectivity index (χ2n) is 4.87. The van der Waals surface area contributed by atoms with E-state index in [2.05, 4.69) is 0 Å². The predicted octanol–water partition coefficient (Wildman–Crippen LogP) is 1.69. The van der Waals surface area contributed by atoms with Crippen LogP contribution < -0.4 is 0 Å². The molecule has 0 bridgehead atoms. The van der Waals surface area contributed by atoms with E-state index >= 15 is 0 Å². The topological polar surface area (TPSA) is 46.6 Å². The van der Waals surface area contributed by atoms with Crippen molar-refractivity contribution in [2.75, 3.05) is 13.1 Å². The number of aldehydes is 1. The van der Waals surface area contributed by atoms with Crippen LogP contribution >= 0.6 is 0 Å². The fraction of sp³-hybridized carbons (Fsp3) is 0.800. The molecule has 1 aliphatic heterocycles. The zero-order valence-electron chi connectivity index (χ0n) is 9.50. The first-order valence-electron chi connectivity index (χ1n) is 4.98. The van der Waals surface area contributed by atoms with Gasteiger partial charge in [0.2, 0.25) is 0 Å². The van der Waals surface area contributed by atoms with Crippen molar-refractivity contribution in [3.05, 3.63) is 0 Å². The molecule has 1 saturated heterocycles. The fourth-order valence-corrected chi connectivity index (χ4v) is 1.29. The Morgan fingerprint density at radius 3 is 2.25 bits per heavy atom. The van der Waals surface area contributed by atoms with Crippen molar-refractivity contribution < 1.29 is 23.1 Å². The van der Waals surface area contributed by atoms with Crippen LogP contribution in [0.3, 0.4) is 0 Å². The van der Waals surface area contributed by atoms with Crippen LogP contribution in [0.5, 0.6) is 0 Å². The minimum atomic E-state index is -3.35. The van der Waals surface area contributed by atoms with Gasteiger partial charge in [-0.05, 0) is 20.8 Å². The third-order valence-electron chi connectivity index (χ3n) is 2.23. The van der Waals surface area contributed by atoms with Crippen molar-refractivity contribution in [1.29, 1.82) is 0 Å². The summed E-state index contributed by atoms with van der Waals surface area (Å²) in [7, 11) is 0. The van der Waals surface area contributed by atoms with Crippen molar-refractivity contribution in [3.8, 4) is 0 Å². The number of ether oxygens (including phenoxy) is 1. The standard InChI is InChI=1S/C10H15F2NO3/c1-9(2,3)16-8(15)13-4-7(5-13)10(11,12)6-14/h6-7H,4-5H2,1-3H3. The van der Waals surface area contributed by atoms with E-state index in [4.69, 9.17) is 4.74 Å². The molecular formula is C10H15F2NO3. The molecule has 0 atom stereocenters.